The third kappa shape index (κ3) is 4.79. The SMILES string of the molecule is COc1ccc(N2C[C@]3(CC[C@@H](CNc4ccn(-c5ccccc5F)n4)CC3)OC2=O)cn1.Cl. The van der Waals surface area contributed by atoms with Gasteiger partial charge in [-0.15, -0.1) is 12.4 Å². The number of para-hydroxylation sites is 1. The zero-order chi connectivity index (χ0) is 22.8. The molecular weight excluding hydrogens is 461 g/mol. The van der Waals surface area contributed by atoms with E-state index in [1.54, 1.807) is 48.7 Å². The van der Waals surface area contributed by atoms with Gasteiger partial charge in [0.25, 0.3) is 0 Å². The van der Waals surface area contributed by atoms with E-state index in [9.17, 15) is 9.18 Å². The molecule has 1 amide bonds. The molecule has 1 aliphatic heterocycles. The summed E-state index contributed by atoms with van der Waals surface area (Å²) >= 11 is 0. The van der Waals surface area contributed by atoms with Gasteiger partial charge in [-0.3, -0.25) is 4.90 Å². The van der Waals surface area contributed by atoms with Crippen LogP contribution in [0.2, 0.25) is 0 Å². The molecule has 2 aliphatic rings. The molecule has 180 valence electrons. The highest BCUT2D eigenvalue weighted by molar-refractivity contribution is 5.90. The van der Waals surface area contributed by atoms with Crippen molar-refractivity contribution in [1.29, 1.82) is 0 Å². The average Bonchev–Trinajstić information content (AvgIpc) is 3.44. The van der Waals surface area contributed by atoms with E-state index in [1.807, 2.05) is 12.1 Å². The third-order valence-corrected chi connectivity index (χ3v) is 6.49. The van der Waals surface area contributed by atoms with Gasteiger partial charge in [-0.1, -0.05) is 12.1 Å². The van der Waals surface area contributed by atoms with Crippen LogP contribution in [0.15, 0.2) is 54.9 Å². The fourth-order valence-corrected chi connectivity index (χ4v) is 4.58. The molecule has 0 radical (unpaired) electrons. The molecule has 2 aromatic heterocycles. The van der Waals surface area contributed by atoms with Gasteiger partial charge >= 0.3 is 6.09 Å². The largest absolute Gasteiger partial charge is 0.481 e. The second-order valence-electron chi connectivity index (χ2n) is 8.62. The highest BCUT2D eigenvalue weighted by atomic mass is 35.5. The summed E-state index contributed by atoms with van der Waals surface area (Å²) in [5.74, 6) is 1.36. The Morgan fingerprint density at radius 2 is 2.00 bits per heavy atom. The summed E-state index contributed by atoms with van der Waals surface area (Å²) in [4.78, 5) is 18.4. The van der Waals surface area contributed by atoms with Crippen LogP contribution < -0.4 is 15.0 Å². The molecular formula is C24H27ClFN5O3. The van der Waals surface area contributed by atoms with Gasteiger partial charge in [-0.25, -0.2) is 18.9 Å². The van der Waals surface area contributed by atoms with Gasteiger partial charge in [-0.2, -0.15) is 5.10 Å². The molecule has 0 unspecified atom stereocenters. The molecule has 8 nitrogen and oxygen atoms in total. The van der Waals surface area contributed by atoms with Crippen LogP contribution in [0.25, 0.3) is 5.69 Å². The highest BCUT2D eigenvalue weighted by Gasteiger charge is 2.47. The summed E-state index contributed by atoms with van der Waals surface area (Å²) in [7, 11) is 1.56. The zero-order valence-electron chi connectivity index (χ0n) is 18.8. The Morgan fingerprint density at radius 1 is 1.21 bits per heavy atom. The van der Waals surface area contributed by atoms with Gasteiger partial charge < -0.3 is 14.8 Å². The number of benzene rings is 1. The van der Waals surface area contributed by atoms with Crippen LogP contribution in [0.5, 0.6) is 5.88 Å². The Labute approximate surface area is 203 Å². The van der Waals surface area contributed by atoms with E-state index in [2.05, 4.69) is 15.4 Å². The first-order valence-corrected chi connectivity index (χ1v) is 11.1. The number of pyridine rings is 1. The van der Waals surface area contributed by atoms with Crippen LogP contribution in [0.3, 0.4) is 0 Å². The van der Waals surface area contributed by atoms with Crippen LogP contribution >= 0.6 is 12.4 Å². The molecule has 5 rings (SSSR count). The van der Waals surface area contributed by atoms with Crippen LogP contribution in [0.4, 0.5) is 20.7 Å². The monoisotopic (exact) mass is 487 g/mol. The van der Waals surface area contributed by atoms with Crippen molar-refractivity contribution in [3.63, 3.8) is 0 Å². The number of anilines is 2. The molecule has 0 atom stereocenters. The van der Waals surface area contributed by atoms with Crippen molar-refractivity contribution in [2.24, 2.45) is 5.92 Å². The maximum Gasteiger partial charge on any atom is 0.415 e. The maximum atomic E-state index is 14.0. The van der Waals surface area contributed by atoms with Crippen molar-refractivity contribution in [1.82, 2.24) is 14.8 Å². The fourth-order valence-electron chi connectivity index (χ4n) is 4.58. The molecule has 1 saturated heterocycles. The number of ether oxygens (including phenoxy) is 2. The normalized spacial score (nSPS) is 21.8. The van der Waals surface area contributed by atoms with Gasteiger partial charge in [-0.05, 0) is 49.8 Å². The Kier molecular flexibility index (Phi) is 6.92. The molecule has 1 spiro atoms. The minimum Gasteiger partial charge on any atom is -0.481 e. The highest BCUT2D eigenvalue weighted by Crippen LogP contribution is 2.40. The lowest BCUT2D eigenvalue weighted by Gasteiger charge is -2.35. The van der Waals surface area contributed by atoms with E-state index < -0.39 is 5.60 Å². The Bertz CT molecular complexity index is 1130. The quantitative estimate of drug-likeness (QED) is 0.536. The Morgan fingerprint density at radius 3 is 2.71 bits per heavy atom. The van der Waals surface area contributed by atoms with Crippen molar-refractivity contribution in [2.75, 3.05) is 30.4 Å². The number of nitrogens with one attached hydrogen (secondary N) is 1. The van der Waals surface area contributed by atoms with E-state index in [1.165, 1.54) is 10.7 Å². The zero-order valence-corrected chi connectivity index (χ0v) is 19.6. The van der Waals surface area contributed by atoms with Crippen molar-refractivity contribution in [2.45, 2.75) is 31.3 Å². The molecule has 10 heteroatoms. The summed E-state index contributed by atoms with van der Waals surface area (Å²) in [5, 5.41) is 7.80. The van der Waals surface area contributed by atoms with Gasteiger partial charge in [0.1, 0.15) is 22.9 Å². The summed E-state index contributed by atoms with van der Waals surface area (Å²) in [6.45, 7) is 1.30. The van der Waals surface area contributed by atoms with Crippen molar-refractivity contribution < 1.29 is 18.7 Å². The minimum absolute atomic E-state index is 0. The number of hydrogen-bond donors (Lipinski definition) is 1. The summed E-state index contributed by atoms with van der Waals surface area (Å²) in [6, 6.07) is 12.0. The molecule has 1 saturated carbocycles. The number of carbonyl (C=O) groups excluding carboxylic acids is 1. The van der Waals surface area contributed by atoms with Crippen LogP contribution in [-0.4, -0.2) is 46.7 Å². The van der Waals surface area contributed by atoms with E-state index in [4.69, 9.17) is 9.47 Å². The minimum atomic E-state index is -0.445. The molecule has 1 aromatic carbocycles. The lowest BCUT2D eigenvalue weighted by atomic mass is 9.78. The first-order valence-electron chi connectivity index (χ1n) is 11.1. The summed E-state index contributed by atoms with van der Waals surface area (Å²) in [5.41, 5.74) is 0.691. The molecule has 2 fully saturated rings. The van der Waals surface area contributed by atoms with Gasteiger partial charge in [0, 0.05) is 24.9 Å². The number of rotatable bonds is 6. The van der Waals surface area contributed by atoms with Gasteiger partial charge in [0.2, 0.25) is 5.88 Å². The fraction of sp³-hybridized carbons (Fsp3) is 0.375. The van der Waals surface area contributed by atoms with Crippen LogP contribution in [0, 0.1) is 11.7 Å². The van der Waals surface area contributed by atoms with Crippen LogP contribution in [0.1, 0.15) is 25.7 Å². The topological polar surface area (TPSA) is 81.5 Å². The molecule has 3 aromatic rings. The summed E-state index contributed by atoms with van der Waals surface area (Å²) < 4.78 is 26.4. The summed E-state index contributed by atoms with van der Waals surface area (Å²) in [6.07, 6.45) is 6.58. The number of amides is 1. The first-order chi connectivity index (χ1) is 16.0. The van der Waals surface area contributed by atoms with E-state index in [-0.39, 0.29) is 24.3 Å². The molecule has 1 aliphatic carbocycles. The smallest absolute Gasteiger partial charge is 0.415 e. The average molecular weight is 488 g/mol. The number of hydrogen-bond acceptors (Lipinski definition) is 6. The molecule has 1 N–H and O–H groups in total. The standard InChI is InChI=1S/C24H26FN5O3.ClH/c1-32-22-7-6-18(15-27-22)29-16-24(33-23(29)31)11-8-17(9-12-24)14-26-21-10-13-30(28-21)20-5-3-2-4-19(20)25;/h2-7,10,13,15,17H,8-9,11-12,14,16H2,1H3,(H,26,28);1H/t17-,24-;. The number of halogens is 2. The predicted molar refractivity (Wildman–Crippen MR) is 129 cm³/mol. The Balaban J connectivity index is 0.00000274. The van der Waals surface area contributed by atoms with Crippen molar-refractivity contribution >= 4 is 30.0 Å². The van der Waals surface area contributed by atoms with E-state index in [0.717, 1.165) is 32.2 Å². The number of carbonyl (C=O) groups is 1. The number of nitrogens with zero attached hydrogens (tertiary/aromatic N) is 4. The predicted octanol–water partition coefficient (Wildman–Crippen LogP) is 4.83. The molecule has 3 heterocycles. The third-order valence-electron chi connectivity index (χ3n) is 6.49. The lowest BCUT2D eigenvalue weighted by Crippen LogP contribution is -2.39. The van der Waals surface area contributed by atoms with Crippen molar-refractivity contribution in [3.05, 3.63) is 60.7 Å². The second kappa shape index (κ2) is 9.89. The maximum absolute atomic E-state index is 14.0. The molecule has 0 bridgehead atoms. The van der Waals surface area contributed by atoms with Gasteiger partial charge in [0.05, 0.1) is 25.5 Å². The Hall–Kier alpha value is -3.33. The molecule has 34 heavy (non-hydrogen) atoms. The second-order valence-corrected chi connectivity index (χ2v) is 8.62. The van der Waals surface area contributed by atoms with E-state index in [0.29, 0.717) is 35.5 Å². The van der Waals surface area contributed by atoms with E-state index >= 15 is 0 Å². The van der Waals surface area contributed by atoms with Crippen molar-refractivity contribution in [3.8, 4) is 11.6 Å². The number of aromatic nitrogens is 3. The van der Waals surface area contributed by atoms with Crippen LogP contribution in [-0.2, 0) is 4.74 Å². The lowest BCUT2D eigenvalue weighted by molar-refractivity contribution is 0.0148. The first kappa shape index (κ1) is 23.8. The number of methoxy groups -OCH3 is 1. The van der Waals surface area contributed by atoms with Gasteiger partial charge in [0.15, 0.2) is 0 Å².